The molecule has 1 aromatic carbocycles. The van der Waals surface area contributed by atoms with E-state index in [-0.39, 0.29) is 18.6 Å². The summed E-state index contributed by atoms with van der Waals surface area (Å²) in [4.78, 5) is 12.1. The largest absolute Gasteiger partial charge is 0.493 e. The van der Waals surface area contributed by atoms with Crippen LogP contribution in [0.3, 0.4) is 0 Å². The first-order valence-corrected chi connectivity index (χ1v) is 8.56. The molecule has 150 valence electrons. The van der Waals surface area contributed by atoms with Gasteiger partial charge < -0.3 is 34.3 Å². The third-order valence-corrected chi connectivity index (χ3v) is 4.45. The number of ether oxygens (including phenoxy) is 4. The minimum Gasteiger partial charge on any atom is -0.493 e. The van der Waals surface area contributed by atoms with Crippen molar-refractivity contribution in [2.75, 3.05) is 21.3 Å². The van der Waals surface area contributed by atoms with E-state index in [1.54, 1.807) is 31.4 Å². The summed E-state index contributed by atoms with van der Waals surface area (Å²) in [7, 11) is 4.40. The first-order chi connectivity index (χ1) is 12.9. The van der Waals surface area contributed by atoms with Gasteiger partial charge in [-0.05, 0) is 30.2 Å². The van der Waals surface area contributed by atoms with Crippen LogP contribution < -0.4 is 9.47 Å². The summed E-state index contributed by atoms with van der Waals surface area (Å²) >= 11 is 0. The number of carbonyl (C=O) groups excluding carboxylic acids is 1. The predicted octanol–water partition coefficient (Wildman–Crippen LogP) is 0.520. The molecule has 0 radical (unpaired) electrons. The van der Waals surface area contributed by atoms with Gasteiger partial charge in [0.1, 0.15) is 18.3 Å². The van der Waals surface area contributed by atoms with Gasteiger partial charge in [0.15, 0.2) is 23.6 Å². The van der Waals surface area contributed by atoms with Gasteiger partial charge in [-0.3, -0.25) is 4.79 Å². The average molecular weight is 382 g/mol. The lowest BCUT2D eigenvalue weighted by molar-refractivity contribution is -0.290. The van der Waals surface area contributed by atoms with Gasteiger partial charge in [0, 0.05) is 13.5 Å². The summed E-state index contributed by atoms with van der Waals surface area (Å²) in [5.41, 5.74) is 0.771. The lowest BCUT2D eigenvalue weighted by Gasteiger charge is -2.39. The Morgan fingerprint density at radius 1 is 1.07 bits per heavy atom. The van der Waals surface area contributed by atoms with E-state index in [1.165, 1.54) is 20.3 Å². The topological polar surface area (TPSA) is 115 Å². The van der Waals surface area contributed by atoms with Crippen LogP contribution in [-0.4, -0.2) is 73.1 Å². The lowest BCUT2D eigenvalue weighted by atomic mass is 9.95. The molecule has 27 heavy (non-hydrogen) atoms. The Morgan fingerprint density at radius 3 is 2.41 bits per heavy atom. The Bertz CT molecular complexity index is 657. The SMILES string of the molecule is COc1ccc(/C=C/C(=O)CC[C@H]2OC(OC)[C@@H](O)[C@H](O)C2O)cc1OC. The van der Waals surface area contributed by atoms with Crippen LogP contribution in [0.2, 0.25) is 0 Å². The van der Waals surface area contributed by atoms with E-state index < -0.39 is 30.7 Å². The number of hydrogen-bond acceptors (Lipinski definition) is 8. The number of rotatable bonds is 8. The molecule has 1 aliphatic rings. The van der Waals surface area contributed by atoms with Gasteiger partial charge in [0.05, 0.1) is 20.3 Å². The fourth-order valence-electron chi connectivity index (χ4n) is 2.86. The van der Waals surface area contributed by atoms with Crippen LogP contribution in [0.1, 0.15) is 18.4 Å². The van der Waals surface area contributed by atoms with E-state index in [1.807, 2.05) is 0 Å². The zero-order valence-electron chi connectivity index (χ0n) is 15.6. The Morgan fingerprint density at radius 2 is 1.78 bits per heavy atom. The maximum atomic E-state index is 12.1. The Kier molecular flexibility index (Phi) is 7.76. The van der Waals surface area contributed by atoms with Gasteiger partial charge in [0.25, 0.3) is 0 Å². The summed E-state index contributed by atoms with van der Waals surface area (Å²) < 4.78 is 20.7. The van der Waals surface area contributed by atoms with Crippen molar-refractivity contribution in [1.82, 2.24) is 0 Å². The summed E-state index contributed by atoms with van der Waals surface area (Å²) in [6, 6.07) is 5.28. The second kappa shape index (κ2) is 9.82. The van der Waals surface area contributed by atoms with E-state index in [4.69, 9.17) is 18.9 Å². The second-order valence-corrected chi connectivity index (χ2v) is 6.20. The monoisotopic (exact) mass is 382 g/mol. The molecule has 1 fully saturated rings. The summed E-state index contributed by atoms with van der Waals surface area (Å²) in [5.74, 6) is 0.983. The number of aliphatic hydroxyl groups excluding tert-OH is 3. The molecule has 1 saturated heterocycles. The highest BCUT2D eigenvalue weighted by atomic mass is 16.7. The maximum Gasteiger partial charge on any atom is 0.186 e. The Balaban J connectivity index is 1.93. The number of aliphatic hydroxyl groups is 3. The predicted molar refractivity (Wildman–Crippen MR) is 96.5 cm³/mol. The van der Waals surface area contributed by atoms with Gasteiger partial charge in [-0.15, -0.1) is 0 Å². The van der Waals surface area contributed by atoms with Crippen LogP contribution in [0.15, 0.2) is 24.3 Å². The summed E-state index contributed by atoms with van der Waals surface area (Å²) in [5, 5.41) is 29.6. The summed E-state index contributed by atoms with van der Waals surface area (Å²) in [6.45, 7) is 0. The molecule has 0 aliphatic carbocycles. The highest BCUT2D eigenvalue weighted by Crippen LogP contribution is 2.28. The number of ketones is 1. The molecule has 0 saturated carbocycles. The smallest absolute Gasteiger partial charge is 0.186 e. The number of benzene rings is 1. The fraction of sp³-hybridized carbons (Fsp3) is 0.526. The van der Waals surface area contributed by atoms with Gasteiger partial charge in [-0.1, -0.05) is 12.1 Å². The van der Waals surface area contributed by atoms with E-state index in [0.717, 1.165) is 5.56 Å². The van der Waals surface area contributed by atoms with Gasteiger partial charge in [-0.25, -0.2) is 0 Å². The van der Waals surface area contributed by atoms with Crippen molar-refractivity contribution >= 4 is 11.9 Å². The van der Waals surface area contributed by atoms with Crippen LogP contribution in [-0.2, 0) is 14.3 Å². The van der Waals surface area contributed by atoms with Crippen LogP contribution in [0.5, 0.6) is 11.5 Å². The van der Waals surface area contributed by atoms with Crippen molar-refractivity contribution in [3.05, 3.63) is 29.8 Å². The molecule has 5 atom stereocenters. The van der Waals surface area contributed by atoms with Crippen LogP contribution in [0, 0.1) is 0 Å². The van der Waals surface area contributed by atoms with Crippen molar-refractivity contribution in [3.8, 4) is 11.5 Å². The molecule has 8 heteroatoms. The zero-order chi connectivity index (χ0) is 20.0. The molecule has 1 aromatic rings. The first-order valence-electron chi connectivity index (χ1n) is 8.56. The lowest BCUT2D eigenvalue weighted by Crippen LogP contribution is -2.57. The third kappa shape index (κ3) is 5.27. The average Bonchev–Trinajstić information content (AvgIpc) is 2.69. The Labute approximate surface area is 157 Å². The number of methoxy groups -OCH3 is 3. The van der Waals surface area contributed by atoms with Crippen LogP contribution in [0.4, 0.5) is 0 Å². The van der Waals surface area contributed by atoms with Crippen molar-refractivity contribution in [2.45, 2.75) is 43.5 Å². The minimum absolute atomic E-state index is 0.102. The molecular weight excluding hydrogens is 356 g/mol. The fourth-order valence-corrected chi connectivity index (χ4v) is 2.86. The first kappa shape index (κ1) is 21.3. The molecule has 3 N–H and O–H groups in total. The van der Waals surface area contributed by atoms with Crippen molar-refractivity contribution in [3.63, 3.8) is 0 Å². The van der Waals surface area contributed by atoms with Crippen molar-refractivity contribution in [1.29, 1.82) is 0 Å². The molecular formula is C19H26O8. The van der Waals surface area contributed by atoms with Crippen molar-refractivity contribution in [2.24, 2.45) is 0 Å². The van der Waals surface area contributed by atoms with E-state index >= 15 is 0 Å². The number of allylic oxidation sites excluding steroid dienone is 1. The quantitative estimate of drug-likeness (QED) is 0.558. The van der Waals surface area contributed by atoms with E-state index in [2.05, 4.69) is 0 Å². The van der Waals surface area contributed by atoms with Gasteiger partial charge >= 0.3 is 0 Å². The maximum absolute atomic E-state index is 12.1. The van der Waals surface area contributed by atoms with Crippen LogP contribution >= 0.6 is 0 Å². The van der Waals surface area contributed by atoms with Crippen LogP contribution in [0.25, 0.3) is 6.08 Å². The Hall–Kier alpha value is -1.97. The second-order valence-electron chi connectivity index (χ2n) is 6.20. The van der Waals surface area contributed by atoms with E-state index in [9.17, 15) is 20.1 Å². The normalized spacial score (nSPS) is 28.3. The zero-order valence-corrected chi connectivity index (χ0v) is 15.6. The van der Waals surface area contributed by atoms with E-state index in [0.29, 0.717) is 11.5 Å². The molecule has 2 unspecified atom stereocenters. The van der Waals surface area contributed by atoms with Crippen molar-refractivity contribution < 1.29 is 39.1 Å². The number of carbonyl (C=O) groups is 1. The highest BCUT2D eigenvalue weighted by molar-refractivity contribution is 5.93. The highest BCUT2D eigenvalue weighted by Gasteiger charge is 2.43. The molecule has 1 heterocycles. The van der Waals surface area contributed by atoms with Gasteiger partial charge in [0.2, 0.25) is 0 Å². The number of hydrogen-bond donors (Lipinski definition) is 3. The standard InChI is InChI=1S/C19H26O8/c1-24-13-8-5-11(10-15(13)25-2)4-6-12(20)7-9-14-16(21)17(22)18(23)19(26-3)27-14/h4-6,8,10,14,16-19,21-23H,7,9H2,1-3H3/b6-4+/t14-,16?,17-,18+,19?/m1/s1. The molecule has 1 aliphatic heterocycles. The molecule has 8 nitrogen and oxygen atoms in total. The molecule has 0 aromatic heterocycles. The molecule has 0 amide bonds. The minimum atomic E-state index is -1.40. The third-order valence-electron chi connectivity index (χ3n) is 4.45. The van der Waals surface area contributed by atoms with Gasteiger partial charge in [-0.2, -0.15) is 0 Å². The summed E-state index contributed by atoms with van der Waals surface area (Å²) in [6.07, 6.45) is -2.54. The molecule has 2 rings (SSSR count). The molecule has 0 bridgehead atoms. The molecule has 0 spiro atoms.